The fourth-order valence-corrected chi connectivity index (χ4v) is 3.15. The third-order valence-corrected chi connectivity index (χ3v) is 4.34. The molecule has 0 saturated heterocycles. The molecule has 3 aromatic rings. The molecule has 0 aliphatic heterocycles. The normalized spacial score (nSPS) is 10.8. The van der Waals surface area contributed by atoms with Crippen molar-refractivity contribution >= 4 is 22.5 Å². The van der Waals surface area contributed by atoms with Crippen molar-refractivity contribution in [3.05, 3.63) is 66.2 Å². The smallest absolute Gasteiger partial charge is 0.123 e. The summed E-state index contributed by atoms with van der Waals surface area (Å²) in [7, 11) is 0. The van der Waals surface area contributed by atoms with E-state index >= 15 is 0 Å². The van der Waals surface area contributed by atoms with Crippen LogP contribution in [0.25, 0.3) is 10.8 Å². The number of hydrogen-bond donors (Lipinski definition) is 2. The van der Waals surface area contributed by atoms with Crippen LogP contribution in [0.1, 0.15) is 5.56 Å². The van der Waals surface area contributed by atoms with Gasteiger partial charge in [0.15, 0.2) is 0 Å². The molecule has 3 rings (SSSR count). The monoisotopic (exact) mass is 282 g/mol. The summed E-state index contributed by atoms with van der Waals surface area (Å²) >= 11 is 1.72. The first-order chi connectivity index (χ1) is 9.74. The Kier molecular flexibility index (Phi) is 3.52. The van der Waals surface area contributed by atoms with Gasteiger partial charge in [0.2, 0.25) is 0 Å². The van der Waals surface area contributed by atoms with Crippen molar-refractivity contribution in [1.82, 2.24) is 0 Å². The predicted octanol–water partition coefficient (Wildman–Crippen LogP) is 4.54. The molecule has 2 nitrogen and oxygen atoms in total. The lowest BCUT2D eigenvalue weighted by molar-refractivity contribution is 0.475. The summed E-state index contributed by atoms with van der Waals surface area (Å²) in [5.41, 5.74) is 1.16. The zero-order chi connectivity index (χ0) is 13.9. The summed E-state index contributed by atoms with van der Waals surface area (Å²) in [6, 6.07) is 18.8. The minimum Gasteiger partial charge on any atom is -0.508 e. The quantitative estimate of drug-likeness (QED) is 0.693. The molecule has 20 heavy (non-hydrogen) atoms. The molecule has 0 amide bonds. The Morgan fingerprint density at radius 3 is 2.20 bits per heavy atom. The molecule has 2 N–H and O–H groups in total. The van der Waals surface area contributed by atoms with Crippen LogP contribution in [0, 0.1) is 0 Å². The van der Waals surface area contributed by atoms with Gasteiger partial charge in [-0.25, -0.2) is 0 Å². The van der Waals surface area contributed by atoms with Crippen LogP contribution in [0.15, 0.2) is 65.6 Å². The summed E-state index contributed by atoms with van der Waals surface area (Å²) in [6.45, 7) is 0. The highest BCUT2D eigenvalue weighted by molar-refractivity contribution is 7.98. The second-order valence-corrected chi connectivity index (χ2v) is 5.60. The maximum Gasteiger partial charge on any atom is 0.123 e. The number of phenols is 2. The largest absolute Gasteiger partial charge is 0.508 e. The first-order valence-electron chi connectivity index (χ1n) is 6.35. The molecule has 0 aliphatic rings. The molecule has 0 fully saturated rings. The molecule has 0 heterocycles. The van der Waals surface area contributed by atoms with Crippen molar-refractivity contribution < 1.29 is 10.2 Å². The predicted molar refractivity (Wildman–Crippen MR) is 83.3 cm³/mol. The number of aromatic hydroxyl groups is 2. The third kappa shape index (κ3) is 2.58. The fourth-order valence-electron chi connectivity index (χ4n) is 2.13. The molecule has 0 aliphatic carbocycles. The van der Waals surface area contributed by atoms with E-state index < -0.39 is 0 Å². The van der Waals surface area contributed by atoms with Gasteiger partial charge in [-0.1, -0.05) is 36.4 Å². The highest BCUT2D eigenvalue weighted by Gasteiger charge is 2.05. The van der Waals surface area contributed by atoms with E-state index in [1.165, 1.54) is 0 Å². The fraction of sp³-hybridized carbons (Fsp3) is 0.0588. The van der Waals surface area contributed by atoms with Crippen molar-refractivity contribution in [3.8, 4) is 11.5 Å². The van der Waals surface area contributed by atoms with Crippen molar-refractivity contribution in [2.45, 2.75) is 10.6 Å². The van der Waals surface area contributed by atoms with Gasteiger partial charge in [0.05, 0.1) is 0 Å². The van der Waals surface area contributed by atoms with Crippen LogP contribution < -0.4 is 0 Å². The Morgan fingerprint density at radius 2 is 1.45 bits per heavy atom. The number of hydrogen-bond acceptors (Lipinski definition) is 3. The van der Waals surface area contributed by atoms with Crippen molar-refractivity contribution in [2.75, 3.05) is 0 Å². The molecule has 100 valence electrons. The summed E-state index contributed by atoms with van der Waals surface area (Å²) in [4.78, 5) is 1.14. The van der Waals surface area contributed by atoms with Crippen LogP contribution >= 0.6 is 11.8 Å². The van der Waals surface area contributed by atoms with Gasteiger partial charge >= 0.3 is 0 Å². The maximum atomic E-state index is 9.87. The third-order valence-electron chi connectivity index (χ3n) is 3.19. The average Bonchev–Trinajstić information content (AvgIpc) is 2.49. The lowest BCUT2D eigenvalue weighted by atomic mass is 10.1. The number of benzene rings is 3. The lowest BCUT2D eigenvalue weighted by Crippen LogP contribution is -1.82. The van der Waals surface area contributed by atoms with Gasteiger partial charge in [-0.15, -0.1) is 11.8 Å². The van der Waals surface area contributed by atoms with Crippen LogP contribution in [0.4, 0.5) is 0 Å². The molecular formula is C17H14O2S. The van der Waals surface area contributed by atoms with Crippen molar-refractivity contribution in [1.29, 1.82) is 0 Å². The molecule has 0 aromatic heterocycles. The van der Waals surface area contributed by atoms with Crippen molar-refractivity contribution in [3.63, 3.8) is 0 Å². The molecule has 0 atom stereocenters. The standard InChI is InChI=1S/C17H14O2S/c18-13-7-5-12(6-8-13)11-20-17-10-9-16(19)14-3-1-2-4-15(14)17/h1-10,18-19H,11H2. The van der Waals surface area contributed by atoms with E-state index in [4.69, 9.17) is 0 Å². The minimum atomic E-state index is 0.286. The Bertz CT molecular complexity index is 736. The SMILES string of the molecule is Oc1ccc(CSc2ccc(O)c3ccccc23)cc1. The minimum absolute atomic E-state index is 0.286. The highest BCUT2D eigenvalue weighted by atomic mass is 32.2. The molecule has 3 aromatic carbocycles. The van der Waals surface area contributed by atoms with Gasteiger partial charge in [0.1, 0.15) is 11.5 Å². The van der Waals surface area contributed by atoms with E-state index in [2.05, 4.69) is 0 Å². The number of rotatable bonds is 3. The Labute approximate surface area is 121 Å². The van der Waals surface area contributed by atoms with E-state index in [1.807, 2.05) is 42.5 Å². The zero-order valence-corrected chi connectivity index (χ0v) is 11.6. The maximum absolute atomic E-state index is 9.87. The van der Waals surface area contributed by atoms with Crippen LogP contribution in [0.5, 0.6) is 11.5 Å². The van der Waals surface area contributed by atoms with Crippen LogP contribution in [0.3, 0.4) is 0 Å². The molecule has 0 spiro atoms. The van der Waals surface area contributed by atoms with Crippen LogP contribution in [-0.2, 0) is 5.75 Å². The van der Waals surface area contributed by atoms with Gasteiger partial charge < -0.3 is 10.2 Å². The number of thioether (sulfide) groups is 1. The Hall–Kier alpha value is -2.13. The molecule has 0 unspecified atom stereocenters. The van der Waals surface area contributed by atoms with Crippen LogP contribution in [0.2, 0.25) is 0 Å². The molecule has 0 saturated carbocycles. The van der Waals surface area contributed by atoms with Gasteiger partial charge in [0, 0.05) is 16.0 Å². The van der Waals surface area contributed by atoms with Crippen molar-refractivity contribution in [2.24, 2.45) is 0 Å². The number of fused-ring (bicyclic) bond motifs is 1. The van der Waals surface area contributed by atoms with E-state index in [1.54, 1.807) is 30.0 Å². The lowest BCUT2D eigenvalue weighted by Gasteiger charge is -2.08. The summed E-state index contributed by atoms with van der Waals surface area (Å²) < 4.78 is 0. The first kappa shape index (κ1) is 12.9. The Morgan fingerprint density at radius 1 is 0.750 bits per heavy atom. The topological polar surface area (TPSA) is 40.5 Å². The molecule has 0 bridgehead atoms. The van der Waals surface area contributed by atoms with E-state index in [0.717, 1.165) is 27.0 Å². The van der Waals surface area contributed by atoms with Gasteiger partial charge in [0.25, 0.3) is 0 Å². The van der Waals surface area contributed by atoms with Gasteiger partial charge in [-0.2, -0.15) is 0 Å². The van der Waals surface area contributed by atoms with E-state index in [-0.39, 0.29) is 5.75 Å². The molecular weight excluding hydrogens is 268 g/mol. The summed E-state index contributed by atoms with van der Waals surface area (Å²) in [5, 5.41) is 21.1. The van der Waals surface area contributed by atoms with E-state index in [9.17, 15) is 10.2 Å². The molecule has 3 heteroatoms. The molecule has 0 radical (unpaired) electrons. The summed E-state index contributed by atoms with van der Waals surface area (Å²) in [5.74, 6) is 1.43. The Balaban J connectivity index is 1.88. The second-order valence-electron chi connectivity index (χ2n) is 4.58. The van der Waals surface area contributed by atoms with E-state index in [0.29, 0.717) is 5.75 Å². The van der Waals surface area contributed by atoms with Gasteiger partial charge in [-0.3, -0.25) is 0 Å². The number of phenolic OH excluding ortho intramolecular Hbond substituents is 2. The zero-order valence-electron chi connectivity index (χ0n) is 10.8. The average molecular weight is 282 g/mol. The second kappa shape index (κ2) is 5.47. The van der Waals surface area contributed by atoms with Gasteiger partial charge in [-0.05, 0) is 35.2 Å². The van der Waals surface area contributed by atoms with Crippen LogP contribution in [-0.4, -0.2) is 10.2 Å². The summed E-state index contributed by atoms with van der Waals surface area (Å²) in [6.07, 6.45) is 0. The first-order valence-corrected chi connectivity index (χ1v) is 7.34. The highest BCUT2D eigenvalue weighted by Crippen LogP contribution is 2.34.